The molecule has 0 spiro atoms. The van der Waals surface area contributed by atoms with E-state index in [-0.39, 0.29) is 6.61 Å². The molecule has 2 aromatic heterocycles. The summed E-state index contributed by atoms with van der Waals surface area (Å²) in [6, 6.07) is 3.76. The van der Waals surface area contributed by atoms with Crippen molar-refractivity contribution in [3.8, 4) is 10.6 Å². The molecular formula is C10H9BrN2OS. The van der Waals surface area contributed by atoms with E-state index in [2.05, 4.69) is 25.9 Å². The van der Waals surface area contributed by atoms with Crippen molar-refractivity contribution in [3.05, 3.63) is 33.5 Å². The van der Waals surface area contributed by atoms with Crippen LogP contribution < -0.4 is 0 Å². The zero-order valence-corrected chi connectivity index (χ0v) is 10.5. The van der Waals surface area contributed by atoms with Gasteiger partial charge in [0.25, 0.3) is 0 Å². The summed E-state index contributed by atoms with van der Waals surface area (Å²) in [5.41, 5.74) is 2.60. The molecule has 15 heavy (non-hydrogen) atoms. The third-order valence-corrected chi connectivity index (χ3v) is 3.52. The first kappa shape index (κ1) is 10.7. The molecule has 0 aliphatic heterocycles. The molecule has 0 saturated carbocycles. The van der Waals surface area contributed by atoms with Crippen molar-refractivity contribution in [1.29, 1.82) is 0 Å². The summed E-state index contributed by atoms with van der Waals surface area (Å²) in [5, 5.41) is 9.89. The number of nitrogens with zero attached hydrogens (tertiary/aromatic N) is 2. The first-order chi connectivity index (χ1) is 7.20. The molecule has 1 N–H and O–H groups in total. The smallest absolute Gasteiger partial charge is 0.126 e. The molecule has 2 rings (SSSR count). The fourth-order valence-corrected chi connectivity index (χ4v) is 2.59. The number of halogens is 1. The van der Waals surface area contributed by atoms with E-state index in [1.807, 2.05) is 19.1 Å². The van der Waals surface area contributed by atoms with E-state index in [0.717, 1.165) is 20.1 Å². The van der Waals surface area contributed by atoms with Gasteiger partial charge in [0, 0.05) is 11.3 Å². The van der Waals surface area contributed by atoms with Crippen molar-refractivity contribution in [2.24, 2.45) is 0 Å². The van der Waals surface area contributed by atoms with Gasteiger partial charge in [-0.2, -0.15) is 0 Å². The Hall–Kier alpha value is -0.780. The van der Waals surface area contributed by atoms with Crippen LogP contribution in [-0.2, 0) is 6.61 Å². The molecule has 0 amide bonds. The maximum absolute atomic E-state index is 8.94. The van der Waals surface area contributed by atoms with Gasteiger partial charge in [-0.3, -0.25) is 4.98 Å². The van der Waals surface area contributed by atoms with E-state index in [1.54, 1.807) is 17.5 Å². The van der Waals surface area contributed by atoms with E-state index in [9.17, 15) is 0 Å². The van der Waals surface area contributed by atoms with Crippen LogP contribution in [0.25, 0.3) is 10.6 Å². The Morgan fingerprint density at radius 2 is 2.27 bits per heavy atom. The average molecular weight is 285 g/mol. The van der Waals surface area contributed by atoms with Crippen molar-refractivity contribution in [2.75, 3.05) is 0 Å². The topological polar surface area (TPSA) is 46.0 Å². The summed E-state index contributed by atoms with van der Waals surface area (Å²) in [4.78, 5) is 8.55. The number of pyridine rings is 1. The highest BCUT2D eigenvalue weighted by Gasteiger charge is 2.07. The molecule has 2 heterocycles. The Morgan fingerprint density at radius 3 is 2.80 bits per heavy atom. The van der Waals surface area contributed by atoms with E-state index in [0.29, 0.717) is 5.69 Å². The second-order valence-corrected chi connectivity index (χ2v) is 5.47. The van der Waals surface area contributed by atoms with Crippen LogP contribution in [0.2, 0.25) is 0 Å². The molecule has 0 aliphatic rings. The highest BCUT2D eigenvalue weighted by atomic mass is 79.9. The summed E-state index contributed by atoms with van der Waals surface area (Å²) in [6.45, 7) is 1.90. The van der Waals surface area contributed by atoms with E-state index in [4.69, 9.17) is 5.11 Å². The number of rotatable bonds is 2. The van der Waals surface area contributed by atoms with Crippen LogP contribution in [0.5, 0.6) is 0 Å². The van der Waals surface area contributed by atoms with E-state index >= 15 is 0 Å². The highest BCUT2D eigenvalue weighted by molar-refractivity contribution is 9.11. The Kier molecular flexibility index (Phi) is 3.14. The minimum atomic E-state index is -0.0251. The van der Waals surface area contributed by atoms with Gasteiger partial charge in [0.15, 0.2) is 0 Å². The lowest BCUT2D eigenvalue weighted by atomic mass is 10.2. The Morgan fingerprint density at radius 1 is 1.47 bits per heavy atom. The second-order valence-electron chi connectivity index (χ2n) is 3.06. The molecule has 3 nitrogen and oxygen atoms in total. The van der Waals surface area contributed by atoms with Crippen LogP contribution in [0, 0.1) is 6.92 Å². The van der Waals surface area contributed by atoms with Crippen molar-refractivity contribution >= 4 is 27.3 Å². The Bertz CT molecular complexity index is 484. The predicted molar refractivity (Wildman–Crippen MR) is 63.7 cm³/mol. The normalized spacial score (nSPS) is 10.6. The lowest BCUT2D eigenvalue weighted by Gasteiger charge is -2.03. The highest BCUT2D eigenvalue weighted by Crippen LogP contribution is 2.29. The van der Waals surface area contributed by atoms with Gasteiger partial charge in [-0.15, -0.1) is 11.3 Å². The SMILES string of the molecule is Cc1nc(CO)ccc1-c1ncc(Br)s1. The van der Waals surface area contributed by atoms with Crippen LogP contribution >= 0.6 is 27.3 Å². The Labute approximate surface area is 100.0 Å². The molecule has 0 saturated heterocycles. The van der Waals surface area contributed by atoms with Crippen LogP contribution in [0.1, 0.15) is 11.4 Å². The largest absolute Gasteiger partial charge is 0.390 e. The van der Waals surface area contributed by atoms with Gasteiger partial charge < -0.3 is 5.11 Å². The predicted octanol–water partition coefficient (Wildman–Crippen LogP) is 2.77. The summed E-state index contributed by atoms with van der Waals surface area (Å²) in [7, 11) is 0. The minimum absolute atomic E-state index is 0.0251. The third kappa shape index (κ3) is 2.25. The van der Waals surface area contributed by atoms with Gasteiger partial charge in [-0.25, -0.2) is 4.98 Å². The van der Waals surface area contributed by atoms with Crippen LogP contribution in [0.15, 0.2) is 22.1 Å². The van der Waals surface area contributed by atoms with Crippen molar-refractivity contribution < 1.29 is 5.11 Å². The fraction of sp³-hybridized carbons (Fsp3) is 0.200. The van der Waals surface area contributed by atoms with Gasteiger partial charge in [0.2, 0.25) is 0 Å². The monoisotopic (exact) mass is 284 g/mol. The molecule has 0 aromatic carbocycles. The molecule has 0 aliphatic carbocycles. The van der Waals surface area contributed by atoms with Crippen molar-refractivity contribution in [1.82, 2.24) is 9.97 Å². The molecule has 0 bridgehead atoms. The molecule has 0 atom stereocenters. The summed E-state index contributed by atoms with van der Waals surface area (Å²) < 4.78 is 1.00. The first-order valence-electron chi connectivity index (χ1n) is 4.40. The van der Waals surface area contributed by atoms with Crippen molar-refractivity contribution in [3.63, 3.8) is 0 Å². The molecule has 0 fully saturated rings. The van der Waals surface area contributed by atoms with Crippen LogP contribution in [0.4, 0.5) is 0 Å². The number of hydrogen-bond acceptors (Lipinski definition) is 4. The summed E-state index contributed by atoms with van der Waals surface area (Å²) >= 11 is 4.95. The van der Waals surface area contributed by atoms with Gasteiger partial charge in [-0.05, 0) is 35.0 Å². The van der Waals surface area contributed by atoms with Gasteiger partial charge in [-0.1, -0.05) is 0 Å². The van der Waals surface area contributed by atoms with Crippen LogP contribution in [0.3, 0.4) is 0 Å². The Balaban J connectivity index is 2.45. The number of thiazole rings is 1. The van der Waals surface area contributed by atoms with Crippen molar-refractivity contribution in [2.45, 2.75) is 13.5 Å². The maximum atomic E-state index is 8.94. The standard InChI is InChI=1S/C10H9BrN2OS/c1-6-8(3-2-7(5-14)13-6)10-12-4-9(11)15-10/h2-4,14H,5H2,1H3. The molecule has 2 aromatic rings. The molecule has 0 unspecified atom stereocenters. The number of aliphatic hydroxyl groups is 1. The minimum Gasteiger partial charge on any atom is -0.390 e. The number of hydrogen-bond donors (Lipinski definition) is 1. The lowest BCUT2D eigenvalue weighted by molar-refractivity contribution is 0.276. The molecule has 78 valence electrons. The zero-order chi connectivity index (χ0) is 10.8. The quantitative estimate of drug-likeness (QED) is 0.922. The second kappa shape index (κ2) is 4.38. The van der Waals surface area contributed by atoms with Gasteiger partial charge in [0.05, 0.1) is 22.3 Å². The van der Waals surface area contributed by atoms with E-state index < -0.39 is 0 Å². The summed E-state index contributed by atoms with van der Waals surface area (Å²) in [5.74, 6) is 0. The molecular weight excluding hydrogens is 276 g/mol. The first-order valence-corrected chi connectivity index (χ1v) is 6.00. The van der Waals surface area contributed by atoms with Gasteiger partial charge >= 0.3 is 0 Å². The maximum Gasteiger partial charge on any atom is 0.126 e. The fourth-order valence-electron chi connectivity index (χ4n) is 1.31. The zero-order valence-electron chi connectivity index (χ0n) is 8.07. The molecule has 5 heteroatoms. The van der Waals surface area contributed by atoms with Gasteiger partial charge in [0.1, 0.15) is 5.01 Å². The summed E-state index contributed by atoms with van der Waals surface area (Å²) in [6.07, 6.45) is 1.78. The third-order valence-electron chi connectivity index (χ3n) is 2.01. The lowest BCUT2D eigenvalue weighted by Crippen LogP contribution is -1.93. The average Bonchev–Trinajstić information content (AvgIpc) is 2.64. The number of aryl methyl sites for hydroxylation is 1. The van der Waals surface area contributed by atoms with E-state index in [1.165, 1.54) is 0 Å². The van der Waals surface area contributed by atoms with Crippen LogP contribution in [-0.4, -0.2) is 15.1 Å². The number of aliphatic hydroxyl groups excluding tert-OH is 1. The molecule has 0 radical (unpaired) electrons. The number of aromatic nitrogens is 2.